The monoisotopic (exact) mass is 307 g/mol. The van der Waals surface area contributed by atoms with Gasteiger partial charge in [-0.05, 0) is 18.2 Å². The zero-order valence-electron chi connectivity index (χ0n) is 10.5. The van der Waals surface area contributed by atoms with E-state index in [0.717, 1.165) is 12.1 Å². The van der Waals surface area contributed by atoms with Gasteiger partial charge in [0.05, 0.1) is 5.56 Å². The van der Waals surface area contributed by atoms with Crippen molar-refractivity contribution in [2.45, 2.75) is 0 Å². The molecule has 3 rings (SSSR count). The lowest BCUT2D eigenvalue weighted by Crippen LogP contribution is -1.94. The van der Waals surface area contributed by atoms with Crippen molar-refractivity contribution >= 4 is 17.3 Å². The summed E-state index contributed by atoms with van der Waals surface area (Å²) in [7, 11) is 0. The molecular formula is C14H8ClF2N3O. The molecule has 0 unspecified atom stereocenters. The van der Waals surface area contributed by atoms with Crippen LogP contribution in [-0.2, 0) is 0 Å². The molecule has 0 amide bonds. The molecule has 1 aromatic heterocycles. The molecule has 0 aliphatic rings. The Balaban J connectivity index is 2.05. The Labute approximate surface area is 123 Å². The molecular weight excluding hydrogens is 300 g/mol. The second-order valence-corrected chi connectivity index (χ2v) is 4.72. The first-order chi connectivity index (χ1) is 10.0. The molecule has 0 spiro atoms. The van der Waals surface area contributed by atoms with Crippen LogP contribution in [0.4, 0.5) is 14.5 Å². The smallest absolute Gasteiger partial charge is 0.260 e. The third kappa shape index (κ3) is 2.57. The fourth-order valence-corrected chi connectivity index (χ4v) is 2.02. The minimum absolute atomic E-state index is 0.00127. The van der Waals surface area contributed by atoms with E-state index in [1.807, 2.05) is 0 Å². The average Bonchev–Trinajstić information content (AvgIpc) is 2.92. The summed E-state index contributed by atoms with van der Waals surface area (Å²) in [6, 6.07) is 8.63. The summed E-state index contributed by atoms with van der Waals surface area (Å²) in [6.45, 7) is 0. The van der Waals surface area contributed by atoms with Crippen LogP contribution in [0.3, 0.4) is 0 Å². The van der Waals surface area contributed by atoms with Crippen molar-refractivity contribution in [2.24, 2.45) is 0 Å². The number of aromatic nitrogens is 2. The summed E-state index contributed by atoms with van der Waals surface area (Å²) in [5, 5.41) is 4.30. The van der Waals surface area contributed by atoms with Crippen LogP contribution < -0.4 is 5.73 Å². The molecule has 0 radical (unpaired) electrons. The van der Waals surface area contributed by atoms with Gasteiger partial charge >= 0.3 is 0 Å². The average molecular weight is 308 g/mol. The van der Waals surface area contributed by atoms with E-state index in [-0.39, 0.29) is 23.0 Å². The number of nitrogen functional groups attached to an aromatic ring is 1. The second-order valence-electron chi connectivity index (χ2n) is 4.29. The standard InChI is InChI=1S/C14H8ClF2N3O/c15-8-3-1-2-7(4-8)13-19-14(21-20-13)9-5-10(16)11(17)6-12(9)18/h1-6H,18H2. The van der Waals surface area contributed by atoms with E-state index in [2.05, 4.69) is 10.1 Å². The topological polar surface area (TPSA) is 64.9 Å². The number of halogens is 3. The Morgan fingerprint density at radius 2 is 1.86 bits per heavy atom. The Morgan fingerprint density at radius 3 is 2.62 bits per heavy atom. The molecule has 0 fully saturated rings. The van der Waals surface area contributed by atoms with Gasteiger partial charge in [-0.25, -0.2) is 8.78 Å². The maximum Gasteiger partial charge on any atom is 0.260 e. The number of nitrogens with two attached hydrogens (primary N) is 1. The molecule has 2 aromatic carbocycles. The van der Waals surface area contributed by atoms with E-state index < -0.39 is 11.6 Å². The number of benzene rings is 2. The third-order valence-corrected chi connectivity index (χ3v) is 3.07. The van der Waals surface area contributed by atoms with E-state index in [0.29, 0.717) is 10.6 Å². The predicted molar refractivity (Wildman–Crippen MR) is 74.5 cm³/mol. The lowest BCUT2D eigenvalue weighted by atomic mass is 10.1. The maximum absolute atomic E-state index is 13.3. The van der Waals surface area contributed by atoms with Gasteiger partial charge in [-0.15, -0.1) is 0 Å². The molecule has 0 saturated heterocycles. The van der Waals surface area contributed by atoms with Crippen LogP contribution in [-0.4, -0.2) is 10.1 Å². The van der Waals surface area contributed by atoms with Crippen molar-refractivity contribution in [1.82, 2.24) is 10.1 Å². The predicted octanol–water partition coefficient (Wildman–Crippen LogP) is 3.92. The number of rotatable bonds is 2. The van der Waals surface area contributed by atoms with Gasteiger partial charge in [0.15, 0.2) is 11.6 Å². The van der Waals surface area contributed by atoms with Crippen LogP contribution in [0.15, 0.2) is 40.9 Å². The molecule has 106 valence electrons. The summed E-state index contributed by atoms with van der Waals surface area (Å²) < 4.78 is 31.4. The van der Waals surface area contributed by atoms with Gasteiger partial charge < -0.3 is 10.3 Å². The van der Waals surface area contributed by atoms with Crippen molar-refractivity contribution in [2.75, 3.05) is 5.73 Å². The lowest BCUT2D eigenvalue weighted by molar-refractivity contribution is 0.431. The van der Waals surface area contributed by atoms with E-state index >= 15 is 0 Å². The van der Waals surface area contributed by atoms with Crippen LogP contribution in [0.25, 0.3) is 22.8 Å². The van der Waals surface area contributed by atoms with Gasteiger partial charge in [-0.3, -0.25) is 0 Å². The highest BCUT2D eigenvalue weighted by Crippen LogP contribution is 2.29. The van der Waals surface area contributed by atoms with E-state index in [1.54, 1.807) is 24.3 Å². The van der Waals surface area contributed by atoms with Crippen molar-refractivity contribution in [3.8, 4) is 22.8 Å². The number of hydrogen-bond acceptors (Lipinski definition) is 4. The summed E-state index contributed by atoms with van der Waals surface area (Å²) in [6.07, 6.45) is 0. The first-order valence-electron chi connectivity index (χ1n) is 5.89. The van der Waals surface area contributed by atoms with Crippen LogP contribution in [0.5, 0.6) is 0 Å². The molecule has 7 heteroatoms. The Hall–Kier alpha value is -2.47. The van der Waals surface area contributed by atoms with Crippen LogP contribution >= 0.6 is 11.6 Å². The summed E-state index contributed by atoms with van der Waals surface area (Å²) in [4.78, 5) is 4.12. The highest BCUT2D eigenvalue weighted by Gasteiger charge is 2.16. The van der Waals surface area contributed by atoms with Gasteiger partial charge in [-0.1, -0.05) is 28.9 Å². The fraction of sp³-hybridized carbons (Fsp3) is 0. The number of anilines is 1. The largest absolute Gasteiger partial charge is 0.398 e. The van der Waals surface area contributed by atoms with Gasteiger partial charge in [0, 0.05) is 22.3 Å². The highest BCUT2D eigenvalue weighted by atomic mass is 35.5. The quantitative estimate of drug-likeness (QED) is 0.729. The molecule has 0 saturated carbocycles. The molecule has 1 heterocycles. The van der Waals surface area contributed by atoms with Crippen molar-refractivity contribution in [3.05, 3.63) is 53.1 Å². The van der Waals surface area contributed by atoms with E-state index in [9.17, 15) is 8.78 Å². The Kier molecular flexibility index (Phi) is 3.31. The molecule has 4 nitrogen and oxygen atoms in total. The summed E-state index contributed by atoms with van der Waals surface area (Å²) in [5.74, 6) is -1.80. The second kappa shape index (κ2) is 5.14. The van der Waals surface area contributed by atoms with E-state index in [1.165, 1.54) is 0 Å². The molecule has 2 N–H and O–H groups in total. The zero-order chi connectivity index (χ0) is 15.0. The van der Waals surface area contributed by atoms with Crippen molar-refractivity contribution in [3.63, 3.8) is 0 Å². The molecule has 21 heavy (non-hydrogen) atoms. The fourth-order valence-electron chi connectivity index (χ4n) is 1.83. The maximum atomic E-state index is 13.3. The normalized spacial score (nSPS) is 10.8. The SMILES string of the molecule is Nc1cc(F)c(F)cc1-c1nc(-c2cccc(Cl)c2)no1. The molecule has 0 atom stereocenters. The van der Waals surface area contributed by atoms with Crippen LogP contribution in [0, 0.1) is 11.6 Å². The minimum atomic E-state index is -1.04. The molecule has 0 aliphatic heterocycles. The first kappa shape index (κ1) is 13.5. The molecule has 3 aromatic rings. The van der Waals surface area contributed by atoms with Gasteiger partial charge in [0.25, 0.3) is 5.89 Å². The third-order valence-electron chi connectivity index (χ3n) is 2.83. The first-order valence-corrected chi connectivity index (χ1v) is 6.27. The minimum Gasteiger partial charge on any atom is -0.398 e. The van der Waals surface area contributed by atoms with Gasteiger partial charge in [-0.2, -0.15) is 4.98 Å². The highest BCUT2D eigenvalue weighted by molar-refractivity contribution is 6.30. The van der Waals surface area contributed by atoms with Crippen molar-refractivity contribution < 1.29 is 13.3 Å². The van der Waals surface area contributed by atoms with E-state index in [4.69, 9.17) is 21.9 Å². The van der Waals surface area contributed by atoms with Gasteiger partial charge in [0.2, 0.25) is 5.82 Å². The summed E-state index contributed by atoms with van der Waals surface area (Å²) in [5.41, 5.74) is 6.42. The van der Waals surface area contributed by atoms with Gasteiger partial charge in [0.1, 0.15) is 0 Å². The summed E-state index contributed by atoms with van der Waals surface area (Å²) >= 11 is 5.88. The molecule has 0 bridgehead atoms. The lowest BCUT2D eigenvalue weighted by Gasteiger charge is -2.01. The zero-order valence-corrected chi connectivity index (χ0v) is 11.2. The Bertz CT molecular complexity index is 820. The van der Waals surface area contributed by atoms with Crippen molar-refractivity contribution in [1.29, 1.82) is 0 Å². The number of hydrogen-bond donors (Lipinski definition) is 1. The molecule has 0 aliphatic carbocycles. The van der Waals surface area contributed by atoms with Crippen LogP contribution in [0.2, 0.25) is 5.02 Å². The number of nitrogens with zero attached hydrogens (tertiary/aromatic N) is 2. The Morgan fingerprint density at radius 1 is 1.10 bits per heavy atom. The van der Waals surface area contributed by atoms with Crippen LogP contribution in [0.1, 0.15) is 0 Å².